The van der Waals surface area contributed by atoms with Gasteiger partial charge in [0.05, 0.1) is 17.2 Å². The maximum Gasteiger partial charge on any atom is 0.573 e. The molecule has 0 aliphatic heterocycles. The van der Waals surface area contributed by atoms with E-state index in [9.17, 15) is 40.7 Å². The van der Waals surface area contributed by atoms with Crippen molar-refractivity contribution in [1.29, 1.82) is 0 Å². The van der Waals surface area contributed by atoms with Crippen molar-refractivity contribution in [3.8, 4) is 45.3 Å². The molecule has 0 aliphatic carbocycles. The van der Waals surface area contributed by atoms with Crippen LogP contribution >= 0.6 is 0 Å². The number of fused-ring (bicyclic) bond motifs is 2. The van der Waals surface area contributed by atoms with Crippen LogP contribution in [0.4, 0.5) is 26.3 Å². The van der Waals surface area contributed by atoms with Crippen molar-refractivity contribution in [2.24, 2.45) is 0 Å². The molecule has 0 amide bonds. The Morgan fingerprint density at radius 1 is 0.661 bits per heavy atom. The maximum atomic E-state index is 13.1. The Morgan fingerprint density at radius 3 is 1.52 bits per heavy atom. The second-order valence-electron chi connectivity index (χ2n) is 14.7. The third-order valence-electron chi connectivity index (χ3n) is 9.01. The summed E-state index contributed by atoms with van der Waals surface area (Å²) in [5.41, 5.74) is -2.99. The highest BCUT2D eigenvalue weighted by molar-refractivity contribution is 5.87. The highest BCUT2D eigenvalue weighted by Crippen LogP contribution is 2.36. The lowest BCUT2D eigenvalue weighted by Crippen LogP contribution is -2.37. The molecule has 1 atom stereocenters. The SMILES string of the molecule is C=C(C)C(=O)OC(C)(C)CC(C)OC(COc1ccc2cc(-c3ccccc3OC(F)(F)F)c(=O)oc2c1)COc1ccc2cc(-c3ccccc3OC(F)(F)F)c(=O)oc2c1. The van der Waals surface area contributed by atoms with E-state index in [1.165, 1.54) is 67.6 Å². The molecule has 4 aromatic carbocycles. The van der Waals surface area contributed by atoms with Gasteiger partial charge in [-0.2, -0.15) is 0 Å². The van der Waals surface area contributed by atoms with Gasteiger partial charge in [0.25, 0.3) is 0 Å². The number of rotatable bonds is 16. The fourth-order valence-corrected chi connectivity index (χ4v) is 6.50. The predicted octanol–water partition coefficient (Wildman–Crippen LogP) is 10.6. The van der Waals surface area contributed by atoms with E-state index in [-0.39, 0.29) is 70.1 Å². The first-order valence-electron chi connectivity index (χ1n) is 18.8. The van der Waals surface area contributed by atoms with Crippen molar-refractivity contribution in [3.63, 3.8) is 0 Å². The van der Waals surface area contributed by atoms with Crippen molar-refractivity contribution in [2.45, 2.75) is 64.6 Å². The zero-order valence-corrected chi connectivity index (χ0v) is 33.5. The molecule has 0 fully saturated rings. The summed E-state index contributed by atoms with van der Waals surface area (Å²) in [7, 11) is 0. The summed E-state index contributed by atoms with van der Waals surface area (Å²) in [5.74, 6) is -1.26. The molecule has 17 heteroatoms. The van der Waals surface area contributed by atoms with E-state index < -0.39 is 59.3 Å². The maximum absolute atomic E-state index is 13.1. The number of ether oxygens (including phenoxy) is 6. The van der Waals surface area contributed by atoms with Gasteiger partial charge in [0.2, 0.25) is 0 Å². The van der Waals surface area contributed by atoms with Crippen molar-refractivity contribution in [2.75, 3.05) is 13.2 Å². The lowest BCUT2D eigenvalue weighted by Gasteiger charge is -2.30. The van der Waals surface area contributed by atoms with Crippen LogP contribution in [-0.2, 0) is 14.3 Å². The Kier molecular flexibility index (Phi) is 13.1. The van der Waals surface area contributed by atoms with Gasteiger partial charge in [-0.3, -0.25) is 0 Å². The van der Waals surface area contributed by atoms with Crippen molar-refractivity contribution in [1.82, 2.24) is 0 Å². The fourth-order valence-electron chi connectivity index (χ4n) is 6.50. The smallest absolute Gasteiger partial charge is 0.491 e. The second kappa shape index (κ2) is 18.1. The Hall–Kier alpha value is -6.75. The van der Waals surface area contributed by atoms with Gasteiger partial charge in [-0.25, -0.2) is 14.4 Å². The number of hydrogen-bond donors (Lipinski definition) is 0. The van der Waals surface area contributed by atoms with Crippen LogP contribution in [-0.4, -0.2) is 49.7 Å². The van der Waals surface area contributed by atoms with Crippen LogP contribution in [0.2, 0.25) is 0 Å². The Labute approximate surface area is 349 Å². The second-order valence-corrected chi connectivity index (χ2v) is 14.7. The van der Waals surface area contributed by atoms with Gasteiger partial charge < -0.3 is 37.3 Å². The molecule has 6 aromatic rings. The summed E-state index contributed by atoms with van der Waals surface area (Å²) in [6, 6.07) is 22.2. The first-order chi connectivity index (χ1) is 29.1. The Balaban J connectivity index is 1.22. The molecule has 0 radical (unpaired) electrons. The van der Waals surface area contributed by atoms with E-state index in [4.69, 9.17) is 27.8 Å². The molecular weight excluding hydrogens is 830 g/mol. The van der Waals surface area contributed by atoms with Gasteiger partial charge in [-0.15, -0.1) is 26.3 Å². The van der Waals surface area contributed by atoms with Crippen molar-refractivity contribution < 1.29 is 68.4 Å². The molecule has 0 aliphatic rings. The van der Waals surface area contributed by atoms with Crippen molar-refractivity contribution in [3.05, 3.63) is 130 Å². The van der Waals surface area contributed by atoms with E-state index in [0.717, 1.165) is 12.1 Å². The van der Waals surface area contributed by atoms with E-state index >= 15 is 0 Å². The van der Waals surface area contributed by atoms with E-state index in [1.54, 1.807) is 45.0 Å². The molecule has 1 unspecified atom stereocenters. The standard InChI is InChI=1S/C45H38F6O11/c1-25(2)40(52)62-43(4,5)22-26(3)57-31(23-55-29-16-14-27-18-34(41(53)58-38(27)20-29)32-10-6-8-12-36(32)60-44(46,47)48)24-56-30-17-15-28-19-35(42(54)59-39(28)21-30)33-11-7-9-13-37(33)61-45(49,50)51/h6-21,26,31H,1,22-24H2,2-5H3. The minimum absolute atomic E-state index is 0.0748. The molecule has 0 saturated carbocycles. The number of carbonyl (C=O) groups excluding carboxylic acids is 1. The van der Waals surface area contributed by atoms with Gasteiger partial charge in [-0.1, -0.05) is 43.0 Å². The molecule has 0 spiro atoms. The van der Waals surface area contributed by atoms with Gasteiger partial charge >= 0.3 is 29.9 Å². The van der Waals surface area contributed by atoms with Gasteiger partial charge in [0, 0.05) is 46.0 Å². The third-order valence-corrected chi connectivity index (χ3v) is 9.01. The summed E-state index contributed by atoms with van der Waals surface area (Å²) in [4.78, 5) is 38.4. The van der Waals surface area contributed by atoms with Gasteiger partial charge in [0.15, 0.2) is 0 Å². The predicted molar refractivity (Wildman–Crippen MR) is 214 cm³/mol. The minimum atomic E-state index is -4.99. The molecule has 11 nitrogen and oxygen atoms in total. The summed E-state index contributed by atoms with van der Waals surface area (Å²) in [5, 5.41) is 0.748. The number of benzene rings is 4. The lowest BCUT2D eigenvalue weighted by molar-refractivity contribution is -0.275. The lowest BCUT2D eigenvalue weighted by atomic mass is 10.0. The number of esters is 1. The zero-order valence-electron chi connectivity index (χ0n) is 33.5. The first-order valence-corrected chi connectivity index (χ1v) is 18.8. The average molecular weight is 869 g/mol. The topological polar surface area (TPSA) is 133 Å². The number of halogens is 6. The van der Waals surface area contributed by atoms with E-state index in [0.29, 0.717) is 10.8 Å². The van der Waals surface area contributed by atoms with Crippen LogP contribution in [0.5, 0.6) is 23.0 Å². The summed E-state index contributed by atoms with van der Waals surface area (Å²) in [6.07, 6.45) is -11.1. The quantitative estimate of drug-likeness (QED) is 0.0398. The molecule has 326 valence electrons. The minimum Gasteiger partial charge on any atom is -0.491 e. The molecule has 62 heavy (non-hydrogen) atoms. The van der Waals surface area contributed by atoms with Crippen LogP contribution in [0.25, 0.3) is 44.2 Å². The van der Waals surface area contributed by atoms with Crippen LogP contribution in [0.3, 0.4) is 0 Å². The van der Waals surface area contributed by atoms with Crippen LogP contribution in [0.15, 0.2) is 128 Å². The van der Waals surface area contributed by atoms with Gasteiger partial charge in [-0.05, 0) is 76.2 Å². The summed E-state index contributed by atoms with van der Waals surface area (Å²) in [6.45, 7) is 10.0. The number of alkyl halides is 6. The molecule has 2 heterocycles. The Morgan fingerprint density at radius 2 is 1.10 bits per heavy atom. The van der Waals surface area contributed by atoms with Crippen LogP contribution in [0, 0.1) is 0 Å². The Bertz CT molecular complexity index is 2560. The number of carbonyl (C=O) groups is 1. The average Bonchev–Trinajstić information content (AvgIpc) is 3.17. The van der Waals surface area contributed by atoms with Crippen molar-refractivity contribution >= 4 is 27.9 Å². The third kappa shape index (κ3) is 11.7. The monoisotopic (exact) mass is 868 g/mol. The number of hydrogen-bond acceptors (Lipinski definition) is 11. The van der Waals surface area contributed by atoms with Crippen LogP contribution in [0.1, 0.15) is 34.1 Å². The largest absolute Gasteiger partial charge is 0.573 e. The first kappa shape index (κ1) is 44.8. The normalized spacial score (nSPS) is 12.6. The molecule has 0 N–H and O–H groups in total. The molecule has 0 saturated heterocycles. The highest BCUT2D eigenvalue weighted by Gasteiger charge is 2.34. The summed E-state index contributed by atoms with van der Waals surface area (Å²) < 4.78 is 122. The highest BCUT2D eigenvalue weighted by atomic mass is 19.4. The number of para-hydroxylation sites is 2. The molecule has 6 rings (SSSR count). The molecule has 2 aromatic heterocycles. The van der Waals surface area contributed by atoms with Crippen LogP contribution < -0.4 is 30.2 Å². The molecule has 0 bridgehead atoms. The van der Waals surface area contributed by atoms with Gasteiger partial charge in [0.1, 0.15) is 59.1 Å². The zero-order chi connectivity index (χ0) is 45.0. The van der Waals surface area contributed by atoms with E-state index in [2.05, 4.69) is 16.1 Å². The van der Waals surface area contributed by atoms with E-state index in [1.807, 2.05) is 0 Å². The summed E-state index contributed by atoms with van der Waals surface area (Å²) >= 11 is 0. The molecular formula is C45H38F6O11. The fraction of sp³-hybridized carbons (Fsp3) is 0.267.